The molecule has 0 spiro atoms. The lowest BCUT2D eigenvalue weighted by molar-refractivity contribution is 0.450. The van der Waals surface area contributed by atoms with Crippen molar-refractivity contribution in [3.8, 4) is 0 Å². The molecule has 98 valence electrons. The van der Waals surface area contributed by atoms with E-state index in [1.54, 1.807) is 12.1 Å². The Labute approximate surface area is 113 Å². The Kier molecular flexibility index (Phi) is 2.91. The van der Waals surface area contributed by atoms with E-state index in [4.69, 9.17) is 0 Å². The minimum absolute atomic E-state index is 0.132. The minimum atomic E-state index is -0.500. The molecule has 1 unspecified atom stereocenters. The van der Waals surface area contributed by atoms with Crippen LogP contribution in [0.25, 0.3) is 0 Å². The second-order valence-electron chi connectivity index (χ2n) is 4.75. The summed E-state index contributed by atoms with van der Waals surface area (Å²) in [6.07, 6.45) is 2.00. The number of rotatable bonds is 2. The van der Waals surface area contributed by atoms with Gasteiger partial charge in [0.1, 0.15) is 10.8 Å². The molecule has 1 atom stereocenters. The first-order valence-electron chi connectivity index (χ1n) is 5.85. The summed E-state index contributed by atoms with van der Waals surface area (Å²) in [5, 5.41) is 0.702. The second kappa shape index (κ2) is 4.47. The first-order chi connectivity index (χ1) is 9.08. The van der Waals surface area contributed by atoms with Crippen molar-refractivity contribution < 1.29 is 4.39 Å². The third-order valence-corrected chi connectivity index (χ3v) is 4.27. The van der Waals surface area contributed by atoms with Crippen LogP contribution in [0.2, 0.25) is 0 Å². The van der Waals surface area contributed by atoms with Gasteiger partial charge in [0.2, 0.25) is 0 Å². The van der Waals surface area contributed by atoms with Gasteiger partial charge in [0.05, 0.1) is 17.4 Å². The predicted octanol–water partition coefficient (Wildman–Crippen LogP) is 1.98. The van der Waals surface area contributed by atoms with Crippen LogP contribution >= 0.6 is 11.9 Å². The molecule has 0 aliphatic carbocycles. The van der Waals surface area contributed by atoms with Crippen LogP contribution < -0.4 is 10.3 Å². The van der Waals surface area contributed by atoms with Gasteiger partial charge in [-0.15, -0.1) is 0 Å². The van der Waals surface area contributed by atoms with Gasteiger partial charge in [-0.2, -0.15) is 0 Å². The normalized spacial score (nSPS) is 21.4. The molecule has 4 nitrogen and oxygen atoms in total. The number of aromatic nitrogens is 2. The smallest absolute Gasteiger partial charge is 0.256 e. The molecule has 0 radical (unpaired) electrons. The first-order valence-corrected chi connectivity index (χ1v) is 6.67. The molecule has 1 aliphatic rings. The molecule has 1 aromatic carbocycles. The zero-order chi connectivity index (χ0) is 13.5. The Morgan fingerprint density at radius 2 is 2.11 bits per heavy atom. The SMILES string of the molecule is CC1(Cc2ccc(F)cc2)NSc2nc[nH]c(=O)c21. The summed E-state index contributed by atoms with van der Waals surface area (Å²) in [7, 11) is 0. The number of H-pyrrole nitrogens is 1. The van der Waals surface area contributed by atoms with E-state index >= 15 is 0 Å². The van der Waals surface area contributed by atoms with Crippen LogP contribution in [-0.4, -0.2) is 9.97 Å². The molecule has 0 saturated heterocycles. The summed E-state index contributed by atoms with van der Waals surface area (Å²) >= 11 is 1.36. The maximum absolute atomic E-state index is 12.9. The van der Waals surface area contributed by atoms with Gasteiger partial charge in [-0.3, -0.25) is 4.79 Å². The summed E-state index contributed by atoms with van der Waals surface area (Å²) in [6.45, 7) is 1.95. The van der Waals surface area contributed by atoms with Crippen molar-refractivity contribution in [3.63, 3.8) is 0 Å². The van der Waals surface area contributed by atoms with Crippen molar-refractivity contribution in [1.82, 2.24) is 14.7 Å². The first kappa shape index (κ1) is 12.4. The summed E-state index contributed by atoms with van der Waals surface area (Å²) < 4.78 is 16.2. The Morgan fingerprint density at radius 3 is 2.84 bits per heavy atom. The van der Waals surface area contributed by atoms with Crippen molar-refractivity contribution in [1.29, 1.82) is 0 Å². The van der Waals surface area contributed by atoms with Crippen molar-refractivity contribution in [2.45, 2.75) is 23.9 Å². The molecule has 6 heteroatoms. The molecule has 2 aromatic rings. The molecular weight excluding hydrogens is 265 g/mol. The Bertz CT molecular complexity index is 670. The van der Waals surface area contributed by atoms with Gasteiger partial charge in [0.15, 0.2) is 0 Å². The van der Waals surface area contributed by atoms with E-state index in [2.05, 4.69) is 14.7 Å². The van der Waals surface area contributed by atoms with Gasteiger partial charge in [-0.25, -0.2) is 14.1 Å². The fourth-order valence-corrected chi connectivity index (χ4v) is 3.32. The monoisotopic (exact) mass is 277 g/mol. The number of hydrogen-bond acceptors (Lipinski definition) is 4. The third-order valence-electron chi connectivity index (χ3n) is 3.21. The van der Waals surface area contributed by atoms with E-state index in [0.717, 1.165) is 5.56 Å². The van der Waals surface area contributed by atoms with Crippen LogP contribution in [0.1, 0.15) is 18.1 Å². The maximum Gasteiger partial charge on any atom is 0.256 e. The summed E-state index contributed by atoms with van der Waals surface area (Å²) in [5.74, 6) is -0.262. The van der Waals surface area contributed by atoms with Crippen LogP contribution in [-0.2, 0) is 12.0 Å². The number of nitrogens with zero attached hydrogens (tertiary/aromatic N) is 1. The fraction of sp³-hybridized carbons (Fsp3) is 0.231. The quantitative estimate of drug-likeness (QED) is 0.651. The molecule has 2 N–H and O–H groups in total. The highest BCUT2D eigenvalue weighted by molar-refractivity contribution is 7.97. The largest absolute Gasteiger partial charge is 0.313 e. The number of hydrogen-bond donors (Lipinski definition) is 2. The maximum atomic E-state index is 12.9. The van der Waals surface area contributed by atoms with Crippen molar-refractivity contribution in [2.24, 2.45) is 0 Å². The van der Waals surface area contributed by atoms with Crippen LogP contribution in [0.4, 0.5) is 4.39 Å². The second-order valence-corrected chi connectivity index (χ2v) is 5.55. The van der Waals surface area contributed by atoms with Crippen LogP contribution in [0.3, 0.4) is 0 Å². The predicted molar refractivity (Wildman–Crippen MR) is 71.3 cm³/mol. The minimum Gasteiger partial charge on any atom is -0.313 e. The van der Waals surface area contributed by atoms with E-state index in [1.807, 2.05) is 6.92 Å². The molecule has 0 fully saturated rings. The lowest BCUT2D eigenvalue weighted by atomic mass is 9.88. The van der Waals surface area contributed by atoms with Crippen molar-refractivity contribution >= 4 is 11.9 Å². The van der Waals surface area contributed by atoms with Gasteiger partial charge >= 0.3 is 0 Å². The number of halogens is 1. The highest BCUT2D eigenvalue weighted by atomic mass is 32.2. The number of fused-ring (bicyclic) bond motifs is 1. The molecule has 19 heavy (non-hydrogen) atoms. The van der Waals surface area contributed by atoms with E-state index < -0.39 is 5.54 Å². The molecular formula is C13H12FN3OS. The third kappa shape index (κ3) is 2.17. The van der Waals surface area contributed by atoms with E-state index in [0.29, 0.717) is 17.0 Å². The average molecular weight is 277 g/mol. The highest BCUT2D eigenvalue weighted by Crippen LogP contribution is 2.37. The van der Waals surface area contributed by atoms with Gasteiger partial charge < -0.3 is 4.98 Å². The Morgan fingerprint density at radius 1 is 1.37 bits per heavy atom. The van der Waals surface area contributed by atoms with Crippen LogP contribution in [0, 0.1) is 5.82 Å². The summed E-state index contributed by atoms with van der Waals surface area (Å²) in [6, 6.07) is 6.31. The van der Waals surface area contributed by atoms with Crippen molar-refractivity contribution in [2.75, 3.05) is 0 Å². The Balaban J connectivity index is 1.98. The van der Waals surface area contributed by atoms with E-state index in [-0.39, 0.29) is 11.4 Å². The van der Waals surface area contributed by atoms with Gasteiger partial charge in [-0.05, 0) is 43.0 Å². The fourth-order valence-electron chi connectivity index (χ4n) is 2.29. The molecule has 1 aliphatic heterocycles. The summed E-state index contributed by atoms with van der Waals surface area (Å²) in [4.78, 5) is 18.7. The lowest BCUT2D eigenvalue weighted by Gasteiger charge is -2.23. The molecule has 1 aromatic heterocycles. The van der Waals surface area contributed by atoms with E-state index in [9.17, 15) is 9.18 Å². The zero-order valence-corrected chi connectivity index (χ0v) is 11.1. The van der Waals surface area contributed by atoms with E-state index in [1.165, 1.54) is 30.4 Å². The van der Waals surface area contributed by atoms with Crippen molar-refractivity contribution in [3.05, 3.63) is 57.9 Å². The molecule has 2 heterocycles. The molecule has 0 bridgehead atoms. The van der Waals surface area contributed by atoms with Crippen LogP contribution in [0.15, 0.2) is 40.4 Å². The van der Waals surface area contributed by atoms with Gasteiger partial charge in [0.25, 0.3) is 5.56 Å². The standard InChI is InChI=1S/C13H12FN3OS/c1-13(6-8-2-4-9(14)5-3-8)10-11(18)15-7-16-12(10)19-17-13/h2-5,7,17H,6H2,1H3,(H,15,16,18). The number of nitrogens with one attached hydrogen (secondary N) is 2. The number of benzene rings is 1. The molecule has 0 saturated carbocycles. The van der Waals surface area contributed by atoms with Crippen LogP contribution in [0.5, 0.6) is 0 Å². The topological polar surface area (TPSA) is 57.8 Å². The lowest BCUT2D eigenvalue weighted by Crippen LogP contribution is -2.38. The molecule has 3 rings (SSSR count). The highest BCUT2D eigenvalue weighted by Gasteiger charge is 2.38. The average Bonchev–Trinajstić information content (AvgIpc) is 2.72. The van der Waals surface area contributed by atoms with Gasteiger partial charge in [-0.1, -0.05) is 12.1 Å². The number of aromatic amines is 1. The summed E-state index contributed by atoms with van der Waals surface area (Å²) in [5.41, 5.74) is 0.976. The molecule has 0 amide bonds. The Hall–Kier alpha value is -1.66. The zero-order valence-electron chi connectivity index (χ0n) is 10.2. The van der Waals surface area contributed by atoms with Gasteiger partial charge in [0, 0.05) is 0 Å².